The normalized spacial score (nSPS) is 13.6. The molecule has 0 unspecified atom stereocenters. The van der Waals surface area contributed by atoms with E-state index in [2.05, 4.69) is 64.2 Å². The molecule has 6 aromatic rings. The van der Waals surface area contributed by atoms with Crippen molar-refractivity contribution < 1.29 is 27.2 Å². The van der Waals surface area contributed by atoms with Crippen molar-refractivity contribution in [1.29, 1.82) is 0 Å². The lowest BCUT2D eigenvalue weighted by atomic mass is 9.96. The number of hydrogen-bond donors (Lipinski definition) is 4. The number of nitrogens with one attached hydrogen (secondary N) is 3. The molecule has 4 N–H and O–H groups in total. The fourth-order valence-electron chi connectivity index (χ4n) is 5.65. The summed E-state index contributed by atoms with van der Waals surface area (Å²) >= 11 is 0. The predicted molar refractivity (Wildman–Crippen MR) is 203 cm³/mol. The summed E-state index contributed by atoms with van der Waals surface area (Å²) in [6.07, 6.45) is 22.6. The number of hydrogen-bond acceptors (Lipinski definition) is 10. The highest BCUT2D eigenvalue weighted by Gasteiger charge is 2.34. The zero-order chi connectivity index (χ0) is 37.2. The van der Waals surface area contributed by atoms with Crippen LogP contribution in [0.25, 0.3) is 46.4 Å². The molecule has 19 heteroatoms. The molecular formula is C35H36BN11O6S. The molecule has 9 rings (SSSR count). The second-order valence-electron chi connectivity index (χ2n) is 12.2. The lowest BCUT2D eigenvalue weighted by Gasteiger charge is -2.20. The third-order valence-corrected chi connectivity index (χ3v) is 8.62. The Kier molecular flexibility index (Phi) is 11.3. The molecular weight excluding hydrogens is 713 g/mol. The van der Waals surface area contributed by atoms with Gasteiger partial charge >= 0.3 is 17.6 Å². The number of nitrogens with zero attached hydrogens (tertiary/aromatic N) is 8. The molecule has 3 aliphatic rings. The summed E-state index contributed by atoms with van der Waals surface area (Å²) in [4.78, 5) is 19.6. The van der Waals surface area contributed by atoms with Gasteiger partial charge in [-0.05, 0) is 104 Å². The Bertz CT molecular complexity index is 2180. The molecule has 8 bridgehead atoms. The summed E-state index contributed by atoms with van der Waals surface area (Å²) in [5.74, 6) is 0. The van der Waals surface area contributed by atoms with Crippen LogP contribution in [0.2, 0.25) is 0 Å². The summed E-state index contributed by atoms with van der Waals surface area (Å²) in [6.45, 7) is 0. The van der Waals surface area contributed by atoms with Crippen molar-refractivity contribution in [2.45, 2.75) is 38.1 Å². The molecule has 0 aromatic carbocycles. The average molecular weight is 750 g/mol. The van der Waals surface area contributed by atoms with E-state index in [9.17, 15) is 8.42 Å². The van der Waals surface area contributed by atoms with Crippen LogP contribution in [0.3, 0.4) is 0 Å². The molecule has 0 radical (unpaired) electrons. The van der Waals surface area contributed by atoms with E-state index in [1.165, 1.54) is 21.0 Å². The first-order valence-corrected chi connectivity index (χ1v) is 18.5. The van der Waals surface area contributed by atoms with E-state index in [1.54, 1.807) is 55.4 Å². The summed E-state index contributed by atoms with van der Waals surface area (Å²) in [7, 11) is -5.09. The highest BCUT2D eigenvalue weighted by molar-refractivity contribution is 7.83. The Morgan fingerprint density at radius 2 is 1.00 bits per heavy atom. The quantitative estimate of drug-likeness (QED) is 0.127. The van der Waals surface area contributed by atoms with Crippen molar-refractivity contribution in [2.75, 3.05) is 0 Å². The number of aromatic nitrogens is 10. The van der Waals surface area contributed by atoms with Crippen LogP contribution in [-0.2, 0) is 10.3 Å². The standard InChI is InChI=1S/C20H14N4.C9H9BN6O3.C6H13NO3S/c1-2-14-10-16-5-6-18(23-16)12-20-8-7-19(24-20)11-17-4-3-15(22-17)9-13(1)21-14;1-4-11-14(7-1)17-10(18-15-8-2-5-12-15)19-16-9-3-6-13-16;8-11(9,10)7-6-4-2-1-3-5-6/h1-12,21,24H;1-9H;6-7H,1-5H2,(H,8,9,10). The molecule has 6 aromatic heterocycles. The van der Waals surface area contributed by atoms with Crippen LogP contribution in [0.5, 0.6) is 0 Å². The zero-order valence-corrected chi connectivity index (χ0v) is 29.6. The first-order chi connectivity index (χ1) is 26.3. The largest absolute Gasteiger partial charge is 0.929 e. The van der Waals surface area contributed by atoms with E-state index >= 15 is 0 Å². The number of fused-ring (bicyclic) bond motifs is 8. The van der Waals surface area contributed by atoms with Crippen molar-refractivity contribution >= 4 is 64.0 Å². The highest BCUT2D eigenvalue weighted by atomic mass is 32.2. The van der Waals surface area contributed by atoms with Gasteiger partial charge in [0.05, 0.1) is 60.0 Å². The summed E-state index contributed by atoms with van der Waals surface area (Å²) < 4.78 is 47.3. The first kappa shape index (κ1) is 35.9. The van der Waals surface area contributed by atoms with Crippen molar-refractivity contribution in [3.05, 3.63) is 127 Å². The van der Waals surface area contributed by atoms with Gasteiger partial charge in [-0.15, -0.1) is 29.8 Å². The minimum atomic E-state index is -3.97. The number of H-pyrrole nitrogens is 2. The monoisotopic (exact) mass is 749 g/mol. The Labute approximate surface area is 309 Å². The molecule has 1 fully saturated rings. The van der Waals surface area contributed by atoms with Gasteiger partial charge in [0.2, 0.25) is 0 Å². The molecule has 0 atom stereocenters. The second kappa shape index (κ2) is 16.9. The Balaban J connectivity index is 0.000000134. The van der Waals surface area contributed by atoms with Crippen LogP contribution < -0.4 is 19.0 Å². The minimum Gasteiger partial charge on any atom is -0.380 e. The molecule has 0 amide bonds. The van der Waals surface area contributed by atoms with Crippen LogP contribution >= 0.6 is 0 Å². The zero-order valence-electron chi connectivity index (χ0n) is 28.8. The fraction of sp³-hybridized carbons (Fsp3) is 0.171. The van der Waals surface area contributed by atoms with Gasteiger partial charge in [-0.2, -0.15) is 13.1 Å². The third-order valence-electron chi connectivity index (χ3n) is 7.99. The fourth-order valence-corrected chi connectivity index (χ4v) is 6.31. The van der Waals surface area contributed by atoms with Gasteiger partial charge in [-0.1, -0.05) is 19.3 Å². The topological polar surface area (TPSA) is 205 Å². The maximum Gasteiger partial charge on any atom is 0.929 e. The summed E-state index contributed by atoms with van der Waals surface area (Å²) in [5, 5.41) is 11.7. The Morgan fingerprint density at radius 3 is 1.31 bits per heavy atom. The van der Waals surface area contributed by atoms with E-state index in [1.807, 2.05) is 48.6 Å². The lowest BCUT2D eigenvalue weighted by molar-refractivity contribution is 0.0401. The molecule has 8 heterocycles. The Hall–Kier alpha value is -6.44. The molecule has 1 saturated carbocycles. The summed E-state index contributed by atoms with van der Waals surface area (Å²) in [5.41, 5.74) is 7.86. The molecule has 17 nitrogen and oxygen atoms in total. The maximum atomic E-state index is 10.3. The molecule has 0 spiro atoms. The van der Waals surface area contributed by atoms with Crippen molar-refractivity contribution in [3.63, 3.8) is 0 Å². The summed E-state index contributed by atoms with van der Waals surface area (Å²) in [6, 6.07) is 21.4. The van der Waals surface area contributed by atoms with Crippen LogP contribution in [-0.4, -0.2) is 76.1 Å². The van der Waals surface area contributed by atoms with Gasteiger partial charge in [0.25, 0.3) is 0 Å². The van der Waals surface area contributed by atoms with Gasteiger partial charge in [0.15, 0.2) is 0 Å². The predicted octanol–water partition coefficient (Wildman–Crippen LogP) is 4.31. The first-order valence-electron chi connectivity index (χ1n) is 17.1. The lowest BCUT2D eigenvalue weighted by Crippen LogP contribution is -2.49. The molecule has 276 valence electrons. The van der Waals surface area contributed by atoms with Crippen LogP contribution in [0.1, 0.15) is 54.9 Å². The number of aromatic amines is 2. The maximum absolute atomic E-state index is 10.3. The second-order valence-corrected chi connectivity index (χ2v) is 13.3. The smallest absolute Gasteiger partial charge is 0.380 e. The van der Waals surface area contributed by atoms with Gasteiger partial charge in [-0.25, -0.2) is 9.97 Å². The van der Waals surface area contributed by atoms with Crippen LogP contribution in [0.15, 0.2) is 104 Å². The van der Waals surface area contributed by atoms with Crippen molar-refractivity contribution in [1.82, 2.24) is 54.5 Å². The van der Waals surface area contributed by atoms with Crippen molar-refractivity contribution in [3.8, 4) is 0 Å². The SMILES string of the molecule is C1=Cc2cc3ccc(cc4nc(cc5ccc(cc1n2)[nH]5)C=C4)[nH]3.O=S(=O)(O)NC1CCCCC1.c1cnn(OB(On2cccn2)On2cccn2)c1. The van der Waals surface area contributed by atoms with Gasteiger partial charge in [0, 0.05) is 28.1 Å². The highest BCUT2D eigenvalue weighted by Crippen LogP contribution is 2.18. The van der Waals surface area contributed by atoms with Crippen LogP contribution in [0, 0.1) is 0 Å². The van der Waals surface area contributed by atoms with Gasteiger partial charge in [-0.3, -0.25) is 4.55 Å². The third kappa shape index (κ3) is 10.8. The van der Waals surface area contributed by atoms with E-state index in [0.29, 0.717) is 0 Å². The Morgan fingerprint density at radius 1 is 0.630 bits per heavy atom. The molecule has 54 heavy (non-hydrogen) atoms. The average Bonchev–Trinajstić information content (AvgIpc) is 3.98. The van der Waals surface area contributed by atoms with E-state index in [4.69, 9.17) is 18.8 Å². The van der Waals surface area contributed by atoms with Gasteiger partial charge in [0.1, 0.15) is 0 Å². The van der Waals surface area contributed by atoms with E-state index < -0.39 is 17.6 Å². The molecule has 0 saturated heterocycles. The van der Waals surface area contributed by atoms with E-state index in [0.717, 1.165) is 70.5 Å². The van der Waals surface area contributed by atoms with Gasteiger partial charge < -0.3 is 24.2 Å². The van der Waals surface area contributed by atoms with E-state index in [-0.39, 0.29) is 6.04 Å². The van der Waals surface area contributed by atoms with Crippen molar-refractivity contribution in [2.24, 2.45) is 0 Å². The molecule has 2 aliphatic heterocycles. The molecule has 1 aliphatic carbocycles. The van der Waals surface area contributed by atoms with Crippen LogP contribution in [0.4, 0.5) is 0 Å². The minimum absolute atomic E-state index is 0.0428. The number of rotatable bonds is 8.